The number of amidine groups is 1. The first-order valence-corrected chi connectivity index (χ1v) is 5.25. The molecule has 88 valence electrons. The Morgan fingerprint density at radius 1 is 1.50 bits per heavy atom. The number of ether oxygens (including phenoxy) is 2. The van der Waals surface area contributed by atoms with Crippen molar-refractivity contribution in [3.63, 3.8) is 0 Å². The zero-order valence-electron chi connectivity index (χ0n) is 9.69. The summed E-state index contributed by atoms with van der Waals surface area (Å²) in [7, 11) is 1.63. The molecule has 4 heteroatoms. The summed E-state index contributed by atoms with van der Waals surface area (Å²) in [5, 5.41) is 7.32. The summed E-state index contributed by atoms with van der Waals surface area (Å²) in [5.41, 5.74) is 6.41. The Bertz CT molecular complexity index is 353. The predicted molar refractivity (Wildman–Crippen MR) is 63.8 cm³/mol. The standard InChI is InChI=1S/C12H18N2O2/c1-3-11(12(13)14)16-8-9-5-4-6-10(7-9)15-2/h4-7,11H,3,8H2,1-2H3,(H3,13,14). The molecule has 1 unspecified atom stereocenters. The van der Waals surface area contributed by atoms with Gasteiger partial charge < -0.3 is 15.2 Å². The molecule has 16 heavy (non-hydrogen) atoms. The van der Waals surface area contributed by atoms with Gasteiger partial charge in [-0.2, -0.15) is 0 Å². The number of hydrogen-bond donors (Lipinski definition) is 2. The minimum absolute atomic E-state index is 0.0744. The van der Waals surface area contributed by atoms with Crippen molar-refractivity contribution in [1.82, 2.24) is 0 Å². The predicted octanol–water partition coefficient (Wildman–Crippen LogP) is 1.93. The fraction of sp³-hybridized carbons (Fsp3) is 0.417. The molecule has 1 aromatic carbocycles. The minimum atomic E-state index is -0.300. The van der Waals surface area contributed by atoms with Crippen LogP contribution >= 0.6 is 0 Å². The van der Waals surface area contributed by atoms with Gasteiger partial charge in [-0.15, -0.1) is 0 Å². The van der Waals surface area contributed by atoms with E-state index in [1.54, 1.807) is 7.11 Å². The van der Waals surface area contributed by atoms with Gasteiger partial charge in [-0.1, -0.05) is 19.1 Å². The van der Waals surface area contributed by atoms with E-state index in [2.05, 4.69) is 0 Å². The quantitative estimate of drug-likeness (QED) is 0.570. The summed E-state index contributed by atoms with van der Waals surface area (Å²) in [5.74, 6) is 0.877. The lowest BCUT2D eigenvalue weighted by Gasteiger charge is -2.14. The number of rotatable bonds is 6. The lowest BCUT2D eigenvalue weighted by molar-refractivity contribution is 0.0807. The van der Waals surface area contributed by atoms with Gasteiger partial charge >= 0.3 is 0 Å². The monoisotopic (exact) mass is 222 g/mol. The smallest absolute Gasteiger partial charge is 0.120 e. The second kappa shape index (κ2) is 6.12. The van der Waals surface area contributed by atoms with Gasteiger partial charge in [0, 0.05) is 0 Å². The van der Waals surface area contributed by atoms with E-state index in [0.29, 0.717) is 13.0 Å². The average Bonchev–Trinajstić information content (AvgIpc) is 2.29. The Morgan fingerprint density at radius 3 is 2.81 bits per heavy atom. The van der Waals surface area contributed by atoms with Gasteiger partial charge in [0.05, 0.1) is 13.7 Å². The van der Waals surface area contributed by atoms with E-state index in [1.165, 1.54) is 0 Å². The van der Waals surface area contributed by atoms with Crippen LogP contribution in [0.3, 0.4) is 0 Å². The molecular formula is C12H18N2O2. The highest BCUT2D eigenvalue weighted by molar-refractivity contribution is 5.81. The third kappa shape index (κ3) is 3.55. The van der Waals surface area contributed by atoms with Crippen molar-refractivity contribution < 1.29 is 9.47 Å². The number of benzene rings is 1. The van der Waals surface area contributed by atoms with Gasteiger partial charge in [0.1, 0.15) is 17.7 Å². The van der Waals surface area contributed by atoms with Crippen LogP contribution in [-0.2, 0) is 11.3 Å². The molecule has 0 aliphatic rings. The number of methoxy groups -OCH3 is 1. The fourth-order valence-corrected chi connectivity index (χ4v) is 1.39. The third-order valence-electron chi connectivity index (χ3n) is 2.30. The van der Waals surface area contributed by atoms with Crippen LogP contribution in [0.4, 0.5) is 0 Å². The molecule has 0 aliphatic heterocycles. The zero-order valence-corrected chi connectivity index (χ0v) is 9.69. The Kier molecular flexibility index (Phi) is 4.79. The lowest BCUT2D eigenvalue weighted by atomic mass is 10.2. The van der Waals surface area contributed by atoms with E-state index < -0.39 is 0 Å². The maximum Gasteiger partial charge on any atom is 0.120 e. The van der Waals surface area contributed by atoms with Crippen LogP contribution in [0.25, 0.3) is 0 Å². The molecule has 0 fully saturated rings. The van der Waals surface area contributed by atoms with Crippen LogP contribution in [-0.4, -0.2) is 19.0 Å². The SMILES string of the molecule is CCC(OCc1cccc(OC)c1)C(=N)N. The zero-order chi connectivity index (χ0) is 12.0. The van der Waals surface area contributed by atoms with Crippen molar-refractivity contribution >= 4 is 5.84 Å². The molecule has 0 spiro atoms. The molecule has 1 aromatic rings. The van der Waals surface area contributed by atoms with E-state index in [0.717, 1.165) is 11.3 Å². The normalized spacial score (nSPS) is 12.1. The molecule has 0 aromatic heterocycles. The van der Waals surface area contributed by atoms with Crippen LogP contribution in [0.2, 0.25) is 0 Å². The van der Waals surface area contributed by atoms with E-state index in [1.807, 2.05) is 31.2 Å². The van der Waals surface area contributed by atoms with E-state index in [9.17, 15) is 0 Å². The molecule has 1 atom stereocenters. The molecule has 3 N–H and O–H groups in total. The lowest BCUT2D eigenvalue weighted by Crippen LogP contribution is -2.29. The maximum atomic E-state index is 7.32. The van der Waals surface area contributed by atoms with E-state index in [-0.39, 0.29) is 11.9 Å². The molecule has 0 saturated heterocycles. The van der Waals surface area contributed by atoms with Crippen LogP contribution < -0.4 is 10.5 Å². The van der Waals surface area contributed by atoms with Gasteiger partial charge in [0.25, 0.3) is 0 Å². The summed E-state index contributed by atoms with van der Waals surface area (Å²) < 4.78 is 10.6. The van der Waals surface area contributed by atoms with Gasteiger partial charge in [-0.25, -0.2) is 0 Å². The van der Waals surface area contributed by atoms with Gasteiger partial charge in [0.15, 0.2) is 0 Å². The third-order valence-corrected chi connectivity index (χ3v) is 2.30. The summed E-state index contributed by atoms with van der Waals surface area (Å²) in [6.45, 7) is 2.38. The first-order valence-electron chi connectivity index (χ1n) is 5.25. The Hall–Kier alpha value is -1.55. The Labute approximate surface area is 95.9 Å². The second-order valence-corrected chi connectivity index (χ2v) is 3.51. The summed E-state index contributed by atoms with van der Waals surface area (Å²) >= 11 is 0. The second-order valence-electron chi connectivity index (χ2n) is 3.51. The fourth-order valence-electron chi connectivity index (χ4n) is 1.39. The Morgan fingerprint density at radius 2 is 2.25 bits per heavy atom. The van der Waals surface area contributed by atoms with Crippen LogP contribution in [0.1, 0.15) is 18.9 Å². The van der Waals surface area contributed by atoms with Crippen molar-refractivity contribution in [1.29, 1.82) is 5.41 Å². The van der Waals surface area contributed by atoms with Gasteiger partial charge in [0.2, 0.25) is 0 Å². The molecule has 0 amide bonds. The number of nitrogens with two attached hydrogens (primary N) is 1. The average molecular weight is 222 g/mol. The summed E-state index contributed by atoms with van der Waals surface area (Å²) in [6, 6.07) is 7.65. The van der Waals surface area contributed by atoms with E-state index in [4.69, 9.17) is 20.6 Å². The molecule has 0 heterocycles. The van der Waals surface area contributed by atoms with Crippen molar-refractivity contribution in [3.8, 4) is 5.75 Å². The first kappa shape index (κ1) is 12.5. The highest BCUT2D eigenvalue weighted by Crippen LogP contribution is 2.14. The molecule has 0 bridgehead atoms. The van der Waals surface area contributed by atoms with Gasteiger partial charge in [-0.3, -0.25) is 5.41 Å². The van der Waals surface area contributed by atoms with Crippen molar-refractivity contribution in [2.75, 3.05) is 7.11 Å². The molecule has 0 saturated carbocycles. The summed E-state index contributed by atoms with van der Waals surface area (Å²) in [4.78, 5) is 0. The van der Waals surface area contributed by atoms with Gasteiger partial charge in [-0.05, 0) is 24.1 Å². The minimum Gasteiger partial charge on any atom is -0.497 e. The van der Waals surface area contributed by atoms with Crippen LogP contribution in [0.15, 0.2) is 24.3 Å². The van der Waals surface area contributed by atoms with Crippen molar-refractivity contribution in [2.24, 2.45) is 5.73 Å². The molecule has 4 nitrogen and oxygen atoms in total. The highest BCUT2D eigenvalue weighted by atomic mass is 16.5. The molecule has 1 rings (SSSR count). The number of nitrogens with one attached hydrogen (secondary N) is 1. The van der Waals surface area contributed by atoms with Crippen LogP contribution in [0, 0.1) is 5.41 Å². The Balaban J connectivity index is 2.56. The number of hydrogen-bond acceptors (Lipinski definition) is 3. The summed E-state index contributed by atoms with van der Waals surface area (Å²) in [6.07, 6.45) is 0.408. The van der Waals surface area contributed by atoms with Crippen molar-refractivity contribution in [2.45, 2.75) is 26.1 Å². The first-order chi connectivity index (χ1) is 7.67. The largest absolute Gasteiger partial charge is 0.497 e. The van der Waals surface area contributed by atoms with E-state index >= 15 is 0 Å². The van der Waals surface area contributed by atoms with Crippen molar-refractivity contribution in [3.05, 3.63) is 29.8 Å². The molecular weight excluding hydrogens is 204 g/mol. The topological polar surface area (TPSA) is 68.3 Å². The maximum absolute atomic E-state index is 7.32. The molecule has 0 radical (unpaired) electrons. The highest BCUT2D eigenvalue weighted by Gasteiger charge is 2.09. The van der Waals surface area contributed by atoms with Crippen LogP contribution in [0.5, 0.6) is 5.75 Å². The molecule has 0 aliphatic carbocycles.